The Morgan fingerprint density at radius 2 is 1.96 bits per heavy atom. The average molecular weight is 338 g/mol. The van der Waals surface area contributed by atoms with Crippen LogP contribution in [0.2, 0.25) is 0 Å². The van der Waals surface area contributed by atoms with Gasteiger partial charge in [0, 0.05) is 18.4 Å². The molecule has 6 heteroatoms. The first-order valence-electron chi connectivity index (χ1n) is 8.23. The lowest BCUT2D eigenvalue weighted by Crippen LogP contribution is -2.37. The lowest BCUT2D eigenvalue weighted by atomic mass is 10.0. The molecule has 0 aliphatic heterocycles. The smallest absolute Gasteiger partial charge is 0.315 e. The maximum absolute atomic E-state index is 12.0. The van der Waals surface area contributed by atoms with Crippen LogP contribution < -0.4 is 10.6 Å². The number of nitrogens with one attached hydrogen (secondary N) is 2. The quantitative estimate of drug-likeness (QED) is 0.669. The zero-order chi connectivity index (χ0) is 17.8. The third-order valence-corrected chi connectivity index (χ3v) is 4.18. The second kappa shape index (κ2) is 7.36. The number of carbonyl (C=O) groups is 1. The van der Waals surface area contributed by atoms with Gasteiger partial charge in [0.2, 0.25) is 0 Å². The number of urea groups is 1. The van der Waals surface area contributed by atoms with Crippen LogP contribution >= 0.6 is 0 Å². The summed E-state index contributed by atoms with van der Waals surface area (Å²) in [4.78, 5) is 16.4. The van der Waals surface area contributed by atoms with E-state index in [1.807, 2.05) is 66.9 Å². The molecule has 3 aromatic rings. The van der Waals surface area contributed by atoms with Gasteiger partial charge in [-0.3, -0.25) is 0 Å². The van der Waals surface area contributed by atoms with Crippen LogP contribution in [-0.2, 0) is 6.54 Å². The van der Waals surface area contributed by atoms with E-state index in [0.29, 0.717) is 6.54 Å². The normalized spacial score (nSPS) is 12.1. The molecule has 0 fully saturated rings. The minimum absolute atomic E-state index is 0.154. The molecule has 0 spiro atoms. The Morgan fingerprint density at radius 3 is 2.72 bits per heavy atom. The molecule has 130 valence electrons. The van der Waals surface area contributed by atoms with Gasteiger partial charge < -0.3 is 20.1 Å². The Morgan fingerprint density at radius 1 is 1.16 bits per heavy atom. The lowest BCUT2D eigenvalue weighted by Gasteiger charge is -2.14. The Labute approximate surface area is 146 Å². The van der Waals surface area contributed by atoms with E-state index in [1.54, 1.807) is 0 Å². The Bertz CT molecular complexity index is 888. The van der Waals surface area contributed by atoms with Gasteiger partial charge in [-0.2, -0.15) is 0 Å². The summed E-state index contributed by atoms with van der Waals surface area (Å²) in [5.41, 5.74) is 4.54. The highest BCUT2D eigenvalue weighted by Gasteiger charge is 2.11. The maximum atomic E-state index is 12.0. The van der Waals surface area contributed by atoms with E-state index in [1.165, 1.54) is 0 Å². The number of nitrogens with zero attached hydrogens (tertiary/aromatic N) is 2. The van der Waals surface area contributed by atoms with Gasteiger partial charge in [-0.25, -0.2) is 9.78 Å². The predicted molar refractivity (Wildman–Crippen MR) is 96.3 cm³/mol. The number of rotatable bonds is 5. The van der Waals surface area contributed by atoms with E-state index in [9.17, 15) is 9.90 Å². The summed E-state index contributed by atoms with van der Waals surface area (Å²) in [5, 5.41) is 15.7. The molecule has 1 aromatic carbocycles. The zero-order valence-corrected chi connectivity index (χ0v) is 14.4. The molecule has 3 rings (SSSR count). The molecule has 0 bridgehead atoms. The number of imidazole rings is 1. The molecular formula is C19H22N4O2. The Kier molecular flexibility index (Phi) is 5.00. The van der Waals surface area contributed by atoms with Gasteiger partial charge in [0.05, 0.1) is 18.3 Å². The van der Waals surface area contributed by atoms with Crippen molar-refractivity contribution in [2.75, 3.05) is 6.54 Å². The lowest BCUT2D eigenvalue weighted by molar-refractivity contribution is 0.172. The molecule has 0 aliphatic carbocycles. The van der Waals surface area contributed by atoms with Crippen molar-refractivity contribution in [2.24, 2.45) is 0 Å². The van der Waals surface area contributed by atoms with Crippen molar-refractivity contribution in [2.45, 2.75) is 26.5 Å². The Hall–Kier alpha value is -2.86. The molecule has 2 aromatic heterocycles. The van der Waals surface area contributed by atoms with Crippen LogP contribution in [0.5, 0.6) is 0 Å². The first-order valence-corrected chi connectivity index (χ1v) is 8.23. The number of amides is 2. The molecule has 0 saturated heterocycles. The topological polar surface area (TPSA) is 78.7 Å². The molecule has 2 heterocycles. The van der Waals surface area contributed by atoms with E-state index in [2.05, 4.69) is 15.6 Å². The van der Waals surface area contributed by atoms with Gasteiger partial charge in [0.1, 0.15) is 5.65 Å². The highest BCUT2D eigenvalue weighted by molar-refractivity contribution is 5.73. The van der Waals surface area contributed by atoms with Crippen LogP contribution in [0.1, 0.15) is 28.6 Å². The minimum atomic E-state index is -0.732. The largest absolute Gasteiger partial charge is 0.387 e. The number of benzene rings is 1. The average Bonchev–Trinajstić information content (AvgIpc) is 3.03. The van der Waals surface area contributed by atoms with Crippen LogP contribution in [0.15, 0.2) is 48.7 Å². The number of aliphatic hydroxyl groups excluding tert-OH is 1. The molecular weight excluding hydrogens is 316 g/mol. The van der Waals surface area contributed by atoms with E-state index in [-0.39, 0.29) is 12.6 Å². The molecule has 0 aliphatic rings. The van der Waals surface area contributed by atoms with Gasteiger partial charge in [-0.15, -0.1) is 0 Å². The van der Waals surface area contributed by atoms with Gasteiger partial charge >= 0.3 is 6.03 Å². The number of pyridine rings is 1. The second-order valence-electron chi connectivity index (χ2n) is 6.06. The van der Waals surface area contributed by atoms with Crippen LogP contribution in [-0.4, -0.2) is 27.1 Å². The fraction of sp³-hybridized carbons (Fsp3) is 0.263. The first kappa shape index (κ1) is 17.0. The molecule has 2 amide bonds. The summed E-state index contributed by atoms with van der Waals surface area (Å²) in [6, 6.07) is 13.1. The van der Waals surface area contributed by atoms with Crippen LogP contribution in [0, 0.1) is 13.8 Å². The van der Waals surface area contributed by atoms with Crippen molar-refractivity contribution in [3.05, 3.63) is 71.2 Å². The van der Waals surface area contributed by atoms with E-state index in [4.69, 9.17) is 0 Å². The van der Waals surface area contributed by atoms with E-state index in [0.717, 1.165) is 28.2 Å². The van der Waals surface area contributed by atoms with Crippen LogP contribution in [0.3, 0.4) is 0 Å². The third-order valence-electron chi connectivity index (χ3n) is 4.18. The summed E-state index contributed by atoms with van der Waals surface area (Å²) in [5.74, 6) is 0. The van der Waals surface area contributed by atoms with Gasteiger partial charge in [-0.05, 0) is 37.1 Å². The molecule has 0 radical (unpaired) electrons. The third kappa shape index (κ3) is 3.97. The monoisotopic (exact) mass is 338 g/mol. The Balaban J connectivity index is 1.52. The summed E-state index contributed by atoms with van der Waals surface area (Å²) < 4.78 is 1.98. The van der Waals surface area contributed by atoms with Crippen molar-refractivity contribution < 1.29 is 9.90 Å². The van der Waals surface area contributed by atoms with Crippen LogP contribution in [0.25, 0.3) is 5.65 Å². The number of carbonyl (C=O) groups excluding carboxylic acids is 1. The fourth-order valence-electron chi connectivity index (χ4n) is 2.78. The first-order chi connectivity index (χ1) is 12.0. The summed E-state index contributed by atoms with van der Waals surface area (Å²) in [6.07, 6.45) is 1.18. The molecule has 3 N–H and O–H groups in total. The van der Waals surface area contributed by atoms with Crippen molar-refractivity contribution in [3.8, 4) is 0 Å². The predicted octanol–water partition coefficient (Wildman–Crippen LogP) is 2.48. The minimum Gasteiger partial charge on any atom is -0.387 e. The van der Waals surface area contributed by atoms with Crippen molar-refractivity contribution >= 4 is 11.7 Å². The summed E-state index contributed by atoms with van der Waals surface area (Å²) in [7, 11) is 0. The SMILES string of the molecule is Cc1ccccc1C(O)CNC(=O)NCc1cn2c(C)cccc2n1. The highest BCUT2D eigenvalue weighted by atomic mass is 16.3. The van der Waals surface area contributed by atoms with Crippen molar-refractivity contribution in [1.82, 2.24) is 20.0 Å². The van der Waals surface area contributed by atoms with Gasteiger partial charge in [-0.1, -0.05) is 30.3 Å². The van der Waals surface area contributed by atoms with Gasteiger partial charge in [0.25, 0.3) is 0 Å². The molecule has 1 atom stereocenters. The summed E-state index contributed by atoms with van der Waals surface area (Å²) >= 11 is 0. The number of fused-ring (bicyclic) bond motifs is 1. The molecule has 1 unspecified atom stereocenters. The number of aliphatic hydroxyl groups is 1. The second-order valence-corrected chi connectivity index (χ2v) is 6.06. The molecule has 25 heavy (non-hydrogen) atoms. The fourth-order valence-corrected chi connectivity index (χ4v) is 2.78. The van der Waals surface area contributed by atoms with E-state index >= 15 is 0 Å². The number of aryl methyl sites for hydroxylation is 2. The van der Waals surface area contributed by atoms with Crippen molar-refractivity contribution in [3.63, 3.8) is 0 Å². The highest BCUT2D eigenvalue weighted by Crippen LogP contribution is 2.16. The molecule has 0 saturated carbocycles. The number of hydrogen-bond donors (Lipinski definition) is 3. The van der Waals surface area contributed by atoms with Crippen molar-refractivity contribution in [1.29, 1.82) is 0 Å². The standard InChI is InChI=1S/C19H22N4O2/c1-13-6-3-4-8-16(13)17(24)11-21-19(25)20-10-15-12-23-14(2)7-5-9-18(23)22-15/h3-9,12,17,24H,10-11H2,1-2H3,(H2,20,21,25). The molecule has 6 nitrogen and oxygen atoms in total. The van der Waals surface area contributed by atoms with Crippen LogP contribution in [0.4, 0.5) is 4.79 Å². The maximum Gasteiger partial charge on any atom is 0.315 e. The van der Waals surface area contributed by atoms with E-state index < -0.39 is 6.10 Å². The van der Waals surface area contributed by atoms with Gasteiger partial charge in [0.15, 0.2) is 0 Å². The zero-order valence-electron chi connectivity index (χ0n) is 14.4. The summed E-state index contributed by atoms with van der Waals surface area (Å²) in [6.45, 7) is 4.42. The number of hydrogen-bond acceptors (Lipinski definition) is 3. The number of aromatic nitrogens is 2.